The molecule has 3 N–H and O–H groups in total. The van der Waals surface area contributed by atoms with Gasteiger partial charge in [0.05, 0.1) is 5.69 Å². The summed E-state index contributed by atoms with van der Waals surface area (Å²) in [6.45, 7) is 0.971. The maximum atomic E-state index is 11.9. The summed E-state index contributed by atoms with van der Waals surface area (Å²) in [5.41, 5.74) is 5.78. The molecule has 18 heavy (non-hydrogen) atoms. The fourth-order valence-corrected chi connectivity index (χ4v) is 2.79. The summed E-state index contributed by atoms with van der Waals surface area (Å²) >= 11 is 5.72. The third-order valence-electron chi connectivity index (χ3n) is 2.33. The van der Waals surface area contributed by atoms with Crippen LogP contribution in [0, 0.1) is 0 Å². The number of unbranched alkanes of at least 4 members (excludes halogenated alkanes) is 1. The van der Waals surface area contributed by atoms with Crippen molar-refractivity contribution in [2.24, 2.45) is 0 Å². The number of ether oxygens (including phenoxy) is 1. The molecule has 1 aromatic carbocycles. The zero-order valence-electron chi connectivity index (χ0n) is 10.1. The molecule has 0 fully saturated rings. The fourth-order valence-electron chi connectivity index (χ4n) is 1.42. The summed E-state index contributed by atoms with van der Waals surface area (Å²) in [7, 11) is -1.96. The number of sulfonamides is 1. The number of hydrogen-bond acceptors (Lipinski definition) is 4. The van der Waals surface area contributed by atoms with Crippen LogP contribution in [0.5, 0.6) is 0 Å². The Hall–Kier alpha value is -0.820. The molecule has 0 aliphatic carbocycles. The van der Waals surface area contributed by atoms with Crippen molar-refractivity contribution in [2.75, 3.05) is 26.0 Å². The average molecular weight is 293 g/mol. The van der Waals surface area contributed by atoms with E-state index in [0.717, 1.165) is 6.42 Å². The maximum Gasteiger partial charge on any atom is 0.242 e. The lowest BCUT2D eigenvalue weighted by atomic mass is 10.3. The number of halogens is 1. The summed E-state index contributed by atoms with van der Waals surface area (Å²) in [5.74, 6) is 0. The molecule has 7 heteroatoms. The Morgan fingerprint density at radius 3 is 2.72 bits per heavy atom. The minimum Gasteiger partial charge on any atom is -0.398 e. The van der Waals surface area contributed by atoms with Gasteiger partial charge in [-0.15, -0.1) is 0 Å². The largest absolute Gasteiger partial charge is 0.398 e. The van der Waals surface area contributed by atoms with E-state index in [4.69, 9.17) is 22.1 Å². The van der Waals surface area contributed by atoms with Gasteiger partial charge >= 0.3 is 0 Å². The minimum atomic E-state index is -3.57. The van der Waals surface area contributed by atoms with Crippen LogP contribution in [-0.4, -0.2) is 28.7 Å². The molecule has 0 saturated heterocycles. The normalized spacial score (nSPS) is 11.7. The third kappa shape index (κ3) is 4.45. The predicted molar refractivity (Wildman–Crippen MR) is 72.2 cm³/mol. The molecule has 102 valence electrons. The van der Waals surface area contributed by atoms with Gasteiger partial charge in [0, 0.05) is 25.3 Å². The van der Waals surface area contributed by atoms with Crippen LogP contribution in [0.25, 0.3) is 0 Å². The molecule has 0 aliphatic heterocycles. The molecule has 0 bridgehead atoms. The first-order valence-corrected chi connectivity index (χ1v) is 7.37. The van der Waals surface area contributed by atoms with E-state index in [1.807, 2.05) is 0 Å². The van der Waals surface area contributed by atoms with Crippen molar-refractivity contribution in [3.63, 3.8) is 0 Å². The highest BCUT2D eigenvalue weighted by Crippen LogP contribution is 2.22. The molecule has 0 aromatic heterocycles. The second kappa shape index (κ2) is 6.94. The molecule has 0 unspecified atom stereocenters. The standard InChI is InChI=1S/C11H17ClN2O3S/c1-17-7-3-2-6-14-18(15,16)11-5-4-9(12)8-10(11)13/h4-5,8,14H,2-3,6-7,13H2,1H3. The van der Waals surface area contributed by atoms with E-state index in [1.54, 1.807) is 7.11 Å². The highest BCUT2D eigenvalue weighted by molar-refractivity contribution is 7.89. The first-order valence-electron chi connectivity index (χ1n) is 5.51. The van der Waals surface area contributed by atoms with Gasteiger partial charge in [-0.1, -0.05) is 11.6 Å². The van der Waals surface area contributed by atoms with Gasteiger partial charge in [-0.2, -0.15) is 0 Å². The van der Waals surface area contributed by atoms with Crippen molar-refractivity contribution in [2.45, 2.75) is 17.7 Å². The highest BCUT2D eigenvalue weighted by Gasteiger charge is 2.16. The Morgan fingerprint density at radius 1 is 1.39 bits per heavy atom. The van der Waals surface area contributed by atoms with Crippen LogP contribution in [0.3, 0.4) is 0 Å². The molecular formula is C11H17ClN2O3S. The molecule has 1 aromatic rings. The van der Waals surface area contributed by atoms with E-state index in [0.29, 0.717) is 24.6 Å². The van der Waals surface area contributed by atoms with Gasteiger partial charge < -0.3 is 10.5 Å². The molecule has 0 heterocycles. The number of rotatable bonds is 7. The summed E-state index contributed by atoms with van der Waals surface area (Å²) in [4.78, 5) is 0.0543. The van der Waals surface area contributed by atoms with E-state index in [2.05, 4.69) is 4.72 Å². The average Bonchev–Trinajstić information content (AvgIpc) is 2.28. The minimum absolute atomic E-state index is 0.0543. The number of anilines is 1. The number of nitrogen functional groups attached to an aromatic ring is 1. The number of benzene rings is 1. The van der Waals surface area contributed by atoms with Gasteiger partial charge in [0.1, 0.15) is 4.90 Å². The zero-order valence-corrected chi connectivity index (χ0v) is 11.7. The number of methoxy groups -OCH3 is 1. The van der Waals surface area contributed by atoms with Gasteiger partial charge in [-0.3, -0.25) is 0 Å². The molecular weight excluding hydrogens is 276 g/mol. The van der Waals surface area contributed by atoms with Crippen LogP contribution in [0.15, 0.2) is 23.1 Å². The van der Waals surface area contributed by atoms with Gasteiger partial charge in [0.25, 0.3) is 0 Å². The predicted octanol–water partition coefficient (Wildman–Crippen LogP) is 1.63. The summed E-state index contributed by atoms with van der Waals surface area (Å²) in [5, 5.41) is 0.409. The molecule has 0 amide bonds. The van der Waals surface area contributed by atoms with Crippen molar-refractivity contribution >= 4 is 27.3 Å². The smallest absolute Gasteiger partial charge is 0.242 e. The molecule has 1 rings (SSSR count). The third-order valence-corrected chi connectivity index (χ3v) is 4.10. The van der Waals surface area contributed by atoms with Crippen LogP contribution < -0.4 is 10.5 Å². The number of nitrogens with two attached hydrogens (primary N) is 1. The van der Waals surface area contributed by atoms with Crippen molar-refractivity contribution < 1.29 is 13.2 Å². The highest BCUT2D eigenvalue weighted by atomic mass is 35.5. The van der Waals surface area contributed by atoms with E-state index >= 15 is 0 Å². The van der Waals surface area contributed by atoms with Gasteiger partial charge in [-0.25, -0.2) is 13.1 Å². The van der Waals surface area contributed by atoms with Gasteiger partial charge in [0.15, 0.2) is 0 Å². The Balaban J connectivity index is 2.63. The molecule has 5 nitrogen and oxygen atoms in total. The summed E-state index contributed by atoms with van der Waals surface area (Å²) in [6, 6.07) is 4.31. The lowest BCUT2D eigenvalue weighted by Gasteiger charge is -2.09. The van der Waals surface area contributed by atoms with E-state index in [1.165, 1.54) is 18.2 Å². The van der Waals surface area contributed by atoms with Gasteiger partial charge in [0.2, 0.25) is 10.0 Å². The Morgan fingerprint density at radius 2 is 2.11 bits per heavy atom. The van der Waals surface area contributed by atoms with Crippen molar-refractivity contribution in [1.82, 2.24) is 4.72 Å². The van der Waals surface area contributed by atoms with Crippen molar-refractivity contribution in [3.8, 4) is 0 Å². The topological polar surface area (TPSA) is 81.4 Å². The summed E-state index contributed by atoms with van der Waals surface area (Å²) in [6.07, 6.45) is 1.51. The lowest BCUT2D eigenvalue weighted by Crippen LogP contribution is -2.25. The Bertz CT molecular complexity index is 491. The van der Waals surface area contributed by atoms with E-state index in [-0.39, 0.29) is 10.6 Å². The van der Waals surface area contributed by atoms with Crippen LogP contribution >= 0.6 is 11.6 Å². The second-order valence-electron chi connectivity index (χ2n) is 3.78. The maximum absolute atomic E-state index is 11.9. The second-order valence-corrected chi connectivity index (χ2v) is 5.95. The molecule has 0 atom stereocenters. The Kier molecular flexibility index (Phi) is 5.87. The van der Waals surface area contributed by atoms with Crippen LogP contribution in [0.4, 0.5) is 5.69 Å². The van der Waals surface area contributed by atoms with Crippen molar-refractivity contribution in [3.05, 3.63) is 23.2 Å². The van der Waals surface area contributed by atoms with Gasteiger partial charge in [-0.05, 0) is 31.0 Å². The Labute approximate surface area is 112 Å². The summed E-state index contributed by atoms with van der Waals surface area (Å²) < 4.78 is 31.2. The van der Waals surface area contributed by atoms with Crippen molar-refractivity contribution in [1.29, 1.82) is 0 Å². The monoisotopic (exact) mass is 292 g/mol. The molecule has 0 radical (unpaired) electrons. The molecule has 0 saturated carbocycles. The van der Waals surface area contributed by atoms with E-state index in [9.17, 15) is 8.42 Å². The zero-order chi connectivity index (χ0) is 13.6. The fraction of sp³-hybridized carbons (Fsp3) is 0.455. The van der Waals surface area contributed by atoms with Crippen LogP contribution in [-0.2, 0) is 14.8 Å². The lowest BCUT2D eigenvalue weighted by molar-refractivity contribution is 0.193. The van der Waals surface area contributed by atoms with Crippen LogP contribution in [0.2, 0.25) is 5.02 Å². The molecule has 0 aliphatic rings. The van der Waals surface area contributed by atoms with E-state index < -0.39 is 10.0 Å². The van der Waals surface area contributed by atoms with Crippen LogP contribution in [0.1, 0.15) is 12.8 Å². The number of nitrogens with one attached hydrogen (secondary N) is 1. The first kappa shape index (κ1) is 15.2. The SMILES string of the molecule is COCCCCNS(=O)(=O)c1ccc(Cl)cc1N. The first-order chi connectivity index (χ1) is 8.47. The number of hydrogen-bond donors (Lipinski definition) is 2. The quantitative estimate of drug-likeness (QED) is 0.591. The molecule has 0 spiro atoms.